The number of nitrogens with zero attached hydrogens (tertiary/aromatic N) is 1. The first-order valence-corrected chi connectivity index (χ1v) is 6.82. The van der Waals surface area contributed by atoms with Gasteiger partial charge in [-0.2, -0.15) is 0 Å². The standard InChI is InChI=1S/C16H25NO2/c1-6-19-15(18)16(3,4)17(5)11-10-14-9-7-8-13(2)12-14/h7-9,12H,6,10-11H2,1-5H3. The number of hydrogen-bond acceptors (Lipinski definition) is 3. The lowest BCUT2D eigenvalue weighted by molar-refractivity contribution is -0.154. The molecule has 0 heterocycles. The van der Waals surface area contributed by atoms with Crippen LogP contribution in [0.5, 0.6) is 0 Å². The molecule has 0 aliphatic carbocycles. The topological polar surface area (TPSA) is 29.5 Å². The number of hydrogen-bond donors (Lipinski definition) is 0. The maximum absolute atomic E-state index is 11.9. The minimum absolute atomic E-state index is 0.165. The Morgan fingerprint density at radius 2 is 2.05 bits per heavy atom. The Bertz CT molecular complexity index is 427. The fraction of sp³-hybridized carbons (Fsp3) is 0.562. The van der Waals surface area contributed by atoms with Crippen molar-refractivity contribution in [2.24, 2.45) is 0 Å². The molecule has 3 nitrogen and oxygen atoms in total. The molecule has 0 saturated heterocycles. The second-order valence-corrected chi connectivity index (χ2v) is 5.44. The molecule has 0 amide bonds. The molecular formula is C16H25NO2. The summed E-state index contributed by atoms with van der Waals surface area (Å²) in [5, 5.41) is 0. The van der Waals surface area contributed by atoms with Crippen LogP contribution in [0.3, 0.4) is 0 Å². The Kier molecular flexibility index (Phi) is 5.55. The van der Waals surface area contributed by atoms with Crippen LogP contribution >= 0.6 is 0 Å². The number of likely N-dealkylation sites (N-methyl/N-ethyl adjacent to an activating group) is 1. The van der Waals surface area contributed by atoms with E-state index in [1.54, 1.807) is 0 Å². The van der Waals surface area contributed by atoms with Gasteiger partial charge in [0.1, 0.15) is 5.54 Å². The van der Waals surface area contributed by atoms with Gasteiger partial charge in [0.15, 0.2) is 0 Å². The van der Waals surface area contributed by atoms with E-state index in [-0.39, 0.29) is 5.97 Å². The zero-order valence-electron chi connectivity index (χ0n) is 12.7. The van der Waals surface area contributed by atoms with Crippen molar-refractivity contribution in [3.8, 4) is 0 Å². The van der Waals surface area contributed by atoms with Gasteiger partial charge in [-0.3, -0.25) is 9.69 Å². The van der Waals surface area contributed by atoms with Crippen molar-refractivity contribution in [2.45, 2.75) is 39.7 Å². The maximum atomic E-state index is 11.9. The normalized spacial score (nSPS) is 11.7. The van der Waals surface area contributed by atoms with Crippen LogP contribution in [-0.4, -0.2) is 36.6 Å². The molecule has 0 radical (unpaired) electrons. The summed E-state index contributed by atoms with van der Waals surface area (Å²) in [5.41, 5.74) is 1.98. The lowest BCUT2D eigenvalue weighted by atomic mass is 10.0. The summed E-state index contributed by atoms with van der Waals surface area (Å²) in [6.45, 7) is 8.99. The molecule has 0 aromatic heterocycles. The molecule has 0 N–H and O–H groups in total. The number of rotatable bonds is 6. The molecule has 1 aromatic rings. The summed E-state index contributed by atoms with van der Waals surface area (Å²) < 4.78 is 5.12. The minimum atomic E-state index is -0.583. The third kappa shape index (κ3) is 4.35. The molecule has 0 unspecified atom stereocenters. The van der Waals surface area contributed by atoms with Crippen LogP contribution < -0.4 is 0 Å². The van der Waals surface area contributed by atoms with Gasteiger partial charge >= 0.3 is 5.97 Å². The Morgan fingerprint density at radius 1 is 1.37 bits per heavy atom. The van der Waals surface area contributed by atoms with E-state index in [2.05, 4.69) is 31.2 Å². The second-order valence-electron chi connectivity index (χ2n) is 5.44. The molecular weight excluding hydrogens is 238 g/mol. The van der Waals surface area contributed by atoms with Crippen LogP contribution in [0, 0.1) is 6.92 Å². The van der Waals surface area contributed by atoms with E-state index in [0.29, 0.717) is 6.61 Å². The average Bonchev–Trinajstić information content (AvgIpc) is 2.36. The number of esters is 1. The van der Waals surface area contributed by atoms with Crippen molar-refractivity contribution in [2.75, 3.05) is 20.2 Å². The third-order valence-electron chi connectivity index (χ3n) is 3.55. The Labute approximate surface area is 116 Å². The summed E-state index contributed by atoms with van der Waals surface area (Å²) in [4.78, 5) is 14.0. The second kappa shape index (κ2) is 6.71. The monoisotopic (exact) mass is 263 g/mol. The summed E-state index contributed by atoms with van der Waals surface area (Å²) in [7, 11) is 1.96. The molecule has 3 heteroatoms. The zero-order valence-corrected chi connectivity index (χ0v) is 12.7. The Hall–Kier alpha value is -1.35. The summed E-state index contributed by atoms with van der Waals surface area (Å²) in [6, 6.07) is 8.47. The van der Waals surface area contributed by atoms with Gasteiger partial charge in [-0.25, -0.2) is 0 Å². The van der Waals surface area contributed by atoms with E-state index in [1.807, 2.05) is 32.7 Å². The van der Waals surface area contributed by atoms with Crippen molar-refractivity contribution in [3.05, 3.63) is 35.4 Å². The molecule has 0 spiro atoms. The van der Waals surface area contributed by atoms with Crippen LogP contribution in [-0.2, 0) is 16.0 Å². The number of aryl methyl sites for hydroxylation is 1. The highest BCUT2D eigenvalue weighted by Gasteiger charge is 2.33. The van der Waals surface area contributed by atoms with Crippen molar-refractivity contribution >= 4 is 5.97 Å². The number of carbonyl (C=O) groups excluding carboxylic acids is 1. The van der Waals surface area contributed by atoms with E-state index in [4.69, 9.17) is 4.74 Å². The van der Waals surface area contributed by atoms with E-state index < -0.39 is 5.54 Å². The highest BCUT2D eigenvalue weighted by atomic mass is 16.5. The summed E-state index contributed by atoms with van der Waals surface area (Å²) in [6.07, 6.45) is 0.932. The summed E-state index contributed by atoms with van der Waals surface area (Å²) in [5.74, 6) is -0.165. The van der Waals surface area contributed by atoms with Crippen LogP contribution in [0.2, 0.25) is 0 Å². The van der Waals surface area contributed by atoms with Gasteiger partial charge in [0.2, 0.25) is 0 Å². The van der Waals surface area contributed by atoms with Crippen LogP contribution in [0.25, 0.3) is 0 Å². The average molecular weight is 263 g/mol. The molecule has 106 valence electrons. The number of carbonyl (C=O) groups is 1. The smallest absolute Gasteiger partial charge is 0.325 e. The SMILES string of the molecule is CCOC(=O)C(C)(C)N(C)CCc1cccc(C)c1. The molecule has 0 saturated carbocycles. The zero-order chi connectivity index (χ0) is 14.5. The van der Waals surface area contributed by atoms with Crippen molar-refractivity contribution < 1.29 is 9.53 Å². The molecule has 0 aliphatic rings. The fourth-order valence-electron chi connectivity index (χ4n) is 1.91. The lowest BCUT2D eigenvalue weighted by Gasteiger charge is -2.33. The first-order valence-electron chi connectivity index (χ1n) is 6.82. The maximum Gasteiger partial charge on any atom is 0.325 e. The summed E-state index contributed by atoms with van der Waals surface area (Å²) >= 11 is 0. The highest BCUT2D eigenvalue weighted by Crippen LogP contribution is 2.15. The van der Waals surface area contributed by atoms with Crippen molar-refractivity contribution in [1.29, 1.82) is 0 Å². The van der Waals surface area contributed by atoms with E-state index in [9.17, 15) is 4.79 Å². The number of benzene rings is 1. The molecule has 0 aliphatic heterocycles. The third-order valence-corrected chi connectivity index (χ3v) is 3.55. The van der Waals surface area contributed by atoms with Crippen molar-refractivity contribution in [3.63, 3.8) is 0 Å². The van der Waals surface area contributed by atoms with Crippen LogP contribution in [0.4, 0.5) is 0 Å². The predicted molar refractivity (Wildman–Crippen MR) is 78.2 cm³/mol. The fourth-order valence-corrected chi connectivity index (χ4v) is 1.91. The van der Waals surface area contributed by atoms with E-state index in [1.165, 1.54) is 11.1 Å². The molecule has 0 fully saturated rings. The van der Waals surface area contributed by atoms with Gasteiger partial charge in [-0.15, -0.1) is 0 Å². The van der Waals surface area contributed by atoms with Crippen LogP contribution in [0.1, 0.15) is 31.9 Å². The van der Waals surface area contributed by atoms with E-state index in [0.717, 1.165) is 13.0 Å². The first kappa shape index (κ1) is 15.7. The van der Waals surface area contributed by atoms with Gasteiger partial charge in [-0.05, 0) is 46.7 Å². The largest absolute Gasteiger partial charge is 0.465 e. The van der Waals surface area contributed by atoms with Gasteiger partial charge in [0.25, 0.3) is 0 Å². The number of ether oxygens (including phenoxy) is 1. The Morgan fingerprint density at radius 3 is 2.63 bits per heavy atom. The minimum Gasteiger partial charge on any atom is -0.465 e. The van der Waals surface area contributed by atoms with Gasteiger partial charge < -0.3 is 4.74 Å². The molecule has 1 rings (SSSR count). The van der Waals surface area contributed by atoms with Crippen LogP contribution in [0.15, 0.2) is 24.3 Å². The molecule has 0 atom stereocenters. The lowest BCUT2D eigenvalue weighted by Crippen LogP contribution is -2.49. The molecule has 0 bridgehead atoms. The molecule has 1 aromatic carbocycles. The van der Waals surface area contributed by atoms with Gasteiger partial charge in [0, 0.05) is 6.54 Å². The first-order chi connectivity index (χ1) is 8.87. The quantitative estimate of drug-likeness (QED) is 0.739. The Balaban J connectivity index is 2.59. The predicted octanol–water partition coefficient (Wildman–Crippen LogP) is 2.81. The molecule has 19 heavy (non-hydrogen) atoms. The van der Waals surface area contributed by atoms with Gasteiger partial charge in [-0.1, -0.05) is 29.8 Å². The highest BCUT2D eigenvalue weighted by molar-refractivity contribution is 5.79. The van der Waals surface area contributed by atoms with Crippen molar-refractivity contribution in [1.82, 2.24) is 4.90 Å². The van der Waals surface area contributed by atoms with Gasteiger partial charge in [0.05, 0.1) is 6.61 Å². The van der Waals surface area contributed by atoms with E-state index >= 15 is 0 Å².